The summed E-state index contributed by atoms with van der Waals surface area (Å²) in [6.07, 6.45) is 3.80. The molecule has 27 heavy (non-hydrogen) atoms. The molecule has 2 amide bonds. The minimum absolute atomic E-state index is 0.0304. The van der Waals surface area contributed by atoms with Crippen molar-refractivity contribution < 1.29 is 14.3 Å². The summed E-state index contributed by atoms with van der Waals surface area (Å²) < 4.78 is 5.69. The molecule has 2 unspecified atom stereocenters. The summed E-state index contributed by atoms with van der Waals surface area (Å²) in [6, 6.07) is 7.64. The Bertz CT molecular complexity index is 651. The molecule has 6 heteroatoms. The summed E-state index contributed by atoms with van der Waals surface area (Å²) in [7, 11) is 0. The van der Waals surface area contributed by atoms with Crippen LogP contribution in [0.25, 0.3) is 0 Å². The molecule has 148 valence electrons. The van der Waals surface area contributed by atoms with E-state index in [1.165, 1.54) is 0 Å². The molecule has 0 radical (unpaired) electrons. The van der Waals surface area contributed by atoms with Crippen molar-refractivity contribution >= 4 is 11.8 Å². The molecule has 2 aliphatic rings. The van der Waals surface area contributed by atoms with E-state index in [-0.39, 0.29) is 30.1 Å². The lowest BCUT2D eigenvalue weighted by molar-refractivity contribution is -0.122. The molecular weight excluding hydrogens is 342 g/mol. The van der Waals surface area contributed by atoms with Gasteiger partial charge >= 0.3 is 0 Å². The highest BCUT2D eigenvalue weighted by Gasteiger charge is 2.27. The van der Waals surface area contributed by atoms with E-state index in [2.05, 4.69) is 5.32 Å². The van der Waals surface area contributed by atoms with Crippen LogP contribution in [-0.2, 0) is 16.1 Å². The van der Waals surface area contributed by atoms with Crippen molar-refractivity contribution in [3.63, 3.8) is 0 Å². The van der Waals surface area contributed by atoms with Crippen molar-refractivity contribution in [2.24, 2.45) is 11.7 Å². The van der Waals surface area contributed by atoms with Crippen LogP contribution in [0.3, 0.4) is 0 Å². The van der Waals surface area contributed by atoms with Crippen LogP contribution in [0, 0.1) is 5.92 Å². The lowest BCUT2D eigenvalue weighted by Gasteiger charge is -2.35. The molecule has 1 aromatic carbocycles. The molecule has 1 heterocycles. The lowest BCUT2D eigenvalue weighted by Crippen LogP contribution is -2.48. The predicted molar refractivity (Wildman–Crippen MR) is 104 cm³/mol. The largest absolute Gasteiger partial charge is 0.372 e. The van der Waals surface area contributed by atoms with Crippen LogP contribution >= 0.6 is 0 Å². The Labute approximate surface area is 161 Å². The van der Waals surface area contributed by atoms with E-state index < -0.39 is 0 Å². The summed E-state index contributed by atoms with van der Waals surface area (Å²) in [6.45, 7) is 5.68. The van der Waals surface area contributed by atoms with E-state index in [1.807, 2.05) is 43.0 Å². The third-order valence-electron chi connectivity index (χ3n) is 5.56. The molecule has 3 N–H and O–H groups in total. The van der Waals surface area contributed by atoms with E-state index >= 15 is 0 Å². The number of nitrogens with two attached hydrogens (primary N) is 1. The molecule has 1 aliphatic carbocycles. The summed E-state index contributed by atoms with van der Waals surface area (Å²) in [4.78, 5) is 26.7. The van der Waals surface area contributed by atoms with Gasteiger partial charge in [-0.1, -0.05) is 18.6 Å². The van der Waals surface area contributed by atoms with Gasteiger partial charge in [-0.3, -0.25) is 9.59 Å². The minimum Gasteiger partial charge on any atom is -0.372 e. The SMILES string of the molecule is CC1CN(C(=O)c2ccc(CNC(=O)C[C@@H]3CCC[C@H]3N)cc2)CC(C)O1. The fourth-order valence-electron chi connectivity index (χ4n) is 4.12. The smallest absolute Gasteiger partial charge is 0.254 e. The molecule has 6 nitrogen and oxygen atoms in total. The van der Waals surface area contributed by atoms with Crippen molar-refractivity contribution in [1.29, 1.82) is 0 Å². The Balaban J connectivity index is 1.49. The summed E-state index contributed by atoms with van der Waals surface area (Å²) in [5.74, 6) is 0.389. The first-order valence-corrected chi connectivity index (χ1v) is 9.98. The Morgan fingerprint density at radius 1 is 1.15 bits per heavy atom. The zero-order chi connectivity index (χ0) is 19.4. The number of hydrogen-bond donors (Lipinski definition) is 2. The van der Waals surface area contributed by atoms with Gasteiger partial charge in [-0.2, -0.15) is 0 Å². The number of rotatable bonds is 5. The third-order valence-corrected chi connectivity index (χ3v) is 5.56. The van der Waals surface area contributed by atoms with Crippen LogP contribution in [0.15, 0.2) is 24.3 Å². The molecule has 0 bridgehead atoms. The molecule has 2 fully saturated rings. The Morgan fingerprint density at radius 2 is 1.81 bits per heavy atom. The fraction of sp³-hybridized carbons (Fsp3) is 0.619. The topological polar surface area (TPSA) is 84.7 Å². The molecule has 3 rings (SSSR count). The quantitative estimate of drug-likeness (QED) is 0.827. The van der Waals surface area contributed by atoms with Gasteiger partial charge in [0.25, 0.3) is 5.91 Å². The number of morpholine rings is 1. The van der Waals surface area contributed by atoms with E-state index in [1.54, 1.807) is 0 Å². The number of ether oxygens (including phenoxy) is 1. The van der Waals surface area contributed by atoms with Gasteiger partial charge in [-0.05, 0) is 50.3 Å². The van der Waals surface area contributed by atoms with Crippen LogP contribution in [-0.4, -0.2) is 48.1 Å². The van der Waals surface area contributed by atoms with Gasteiger partial charge in [0.1, 0.15) is 0 Å². The number of nitrogens with zero attached hydrogens (tertiary/aromatic N) is 1. The maximum atomic E-state index is 12.7. The Kier molecular flexibility index (Phi) is 6.50. The highest BCUT2D eigenvalue weighted by Crippen LogP contribution is 2.26. The number of amides is 2. The van der Waals surface area contributed by atoms with Gasteiger partial charge in [0.15, 0.2) is 0 Å². The molecule has 1 saturated heterocycles. The normalized spacial score (nSPS) is 28.2. The second kappa shape index (κ2) is 8.85. The molecule has 1 aliphatic heterocycles. The van der Waals surface area contributed by atoms with E-state index in [9.17, 15) is 9.59 Å². The van der Waals surface area contributed by atoms with E-state index in [0.29, 0.717) is 37.5 Å². The first-order valence-electron chi connectivity index (χ1n) is 9.98. The highest BCUT2D eigenvalue weighted by atomic mass is 16.5. The maximum Gasteiger partial charge on any atom is 0.254 e. The minimum atomic E-state index is 0.0304. The van der Waals surface area contributed by atoms with Gasteiger partial charge in [0, 0.05) is 37.7 Å². The monoisotopic (exact) mass is 373 g/mol. The summed E-state index contributed by atoms with van der Waals surface area (Å²) >= 11 is 0. The number of carbonyl (C=O) groups excluding carboxylic acids is 2. The standard InChI is InChI=1S/C21H31N3O3/c1-14-12-24(13-15(2)27-14)21(26)17-8-6-16(7-9-17)11-23-20(25)10-18-4-3-5-19(18)22/h6-9,14-15,18-19H,3-5,10-13,22H2,1-2H3,(H,23,25)/t14?,15?,18-,19+/m0/s1. The van der Waals surface area contributed by atoms with Crippen molar-refractivity contribution in [3.8, 4) is 0 Å². The molecule has 0 aromatic heterocycles. The van der Waals surface area contributed by atoms with Gasteiger partial charge < -0.3 is 20.7 Å². The number of hydrogen-bond acceptors (Lipinski definition) is 4. The molecular formula is C21H31N3O3. The van der Waals surface area contributed by atoms with Crippen LogP contribution < -0.4 is 11.1 Å². The number of benzene rings is 1. The fourth-order valence-corrected chi connectivity index (χ4v) is 4.12. The van der Waals surface area contributed by atoms with Gasteiger partial charge in [0.2, 0.25) is 5.91 Å². The zero-order valence-electron chi connectivity index (χ0n) is 16.3. The zero-order valence-corrected chi connectivity index (χ0v) is 16.3. The van der Waals surface area contributed by atoms with E-state index in [4.69, 9.17) is 10.5 Å². The van der Waals surface area contributed by atoms with Gasteiger partial charge in [-0.25, -0.2) is 0 Å². The van der Waals surface area contributed by atoms with Gasteiger partial charge in [0.05, 0.1) is 12.2 Å². The summed E-state index contributed by atoms with van der Waals surface area (Å²) in [5, 5.41) is 2.96. The molecule has 1 saturated carbocycles. The second-order valence-corrected chi connectivity index (χ2v) is 8.00. The average Bonchev–Trinajstić information content (AvgIpc) is 3.03. The molecule has 1 aromatic rings. The van der Waals surface area contributed by atoms with Crippen LogP contribution in [0.4, 0.5) is 0 Å². The molecule has 0 spiro atoms. The lowest BCUT2D eigenvalue weighted by atomic mass is 10.00. The van der Waals surface area contributed by atoms with Crippen molar-refractivity contribution in [2.45, 2.75) is 64.3 Å². The van der Waals surface area contributed by atoms with Crippen molar-refractivity contribution in [3.05, 3.63) is 35.4 Å². The summed E-state index contributed by atoms with van der Waals surface area (Å²) in [5.41, 5.74) is 7.69. The van der Waals surface area contributed by atoms with Crippen molar-refractivity contribution in [2.75, 3.05) is 13.1 Å². The third kappa shape index (κ3) is 5.30. The second-order valence-electron chi connectivity index (χ2n) is 8.00. The first kappa shape index (κ1) is 19.8. The van der Waals surface area contributed by atoms with Crippen LogP contribution in [0.5, 0.6) is 0 Å². The van der Waals surface area contributed by atoms with E-state index in [0.717, 1.165) is 24.8 Å². The predicted octanol–water partition coefficient (Wildman–Crippen LogP) is 2.07. The highest BCUT2D eigenvalue weighted by molar-refractivity contribution is 5.94. The Hall–Kier alpha value is -1.92. The average molecular weight is 373 g/mol. The van der Waals surface area contributed by atoms with Crippen LogP contribution in [0.1, 0.15) is 55.5 Å². The Morgan fingerprint density at radius 3 is 2.41 bits per heavy atom. The number of carbonyl (C=O) groups is 2. The number of nitrogens with one attached hydrogen (secondary N) is 1. The van der Waals surface area contributed by atoms with Crippen molar-refractivity contribution in [1.82, 2.24) is 10.2 Å². The first-order chi connectivity index (χ1) is 12.9. The maximum absolute atomic E-state index is 12.7. The molecule has 4 atom stereocenters. The van der Waals surface area contributed by atoms with Crippen LogP contribution in [0.2, 0.25) is 0 Å². The van der Waals surface area contributed by atoms with Gasteiger partial charge in [-0.15, -0.1) is 0 Å².